The molecule has 0 fully saturated rings. The van der Waals surface area contributed by atoms with Crippen LogP contribution in [0.15, 0.2) is 36.4 Å². The van der Waals surface area contributed by atoms with Crippen molar-refractivity contribution in [2.45, 2.75) is 32.1 Å². The third-order valence-corrected chi connectivity index (χ3v) is 7.32. The predicted octanol–water partition coefficient (Wildman–Crippen LogP) is 5.38. The minimum absolute atomic E-state index is 0.187. The van der Waals surface area contributed by atoms with Gasteiger partial charge in [0.2, 0.25) is 5.13 Å². The van der Waals surface area contributed by atoms with Crippen LogP contribution in [0, 0.1) is 0 Å². The highest BCUT2D eigenvalue weighted by Gasteiger charge is 2.22. The van der Waals surface area contributed by atoms with E-state index < -0.39 is 0 Å². The number of anilines is 2. The normalized spacial score (nSPS) is 13.6. The summed E-state index contributed by atoms with van der Waals surface area (Å²) in [7, 11) is 1.85. The molecule has 152 valence electrons. The summed E-state index contributed by atoms with van der Waals surface area (Å²) in [6, 6.07) is 12.1. The Labute approximate surface area is 182 Å². The predicted molar refractivity (Wildman–Crippen MR) is 124 cm³/mol. The summed E-state index contributed by atoms with van der Waals surface area (Å²) in [4.78, 5) is 19.5. The van der Waals surface area contributed by atoms with E-state index in [0.717, 1.165) is 39.3 Å². The molecule has 0 radical (unpaired) electrons. The first kappa shape index (κ1) is 19.1. The third kappa shape index (κ3) is 3.57. The Kier molecular flexibility index (Phi) is 5.18. The standard InChI is InChI=1S/C22H21N5OS2/c1-23-17-15-12-14-10-6-3-7-11-16(14)24-21(15)29-18(17)19(28)25-22-27-26-20(30-22)13-8-4-2-5-9-13/h2,4-5,8-9,12,23H,3,6-7,10-11H2,1H3,(H,25,27,28). The van der Waals surface area contributed by atoms with Gasteiger partial charge in [0.1, 0.15) is 14.7 Å². The fraction of sp³-hybridized carbons (Fsp3) is 0.273. The Morgan fingerprint density at radius 1 is 1.03 bits per heavy atom. The second-order valence-corrected chi connectivity index (χ2v) is 9.27. The lowest BCUT2D eigenvalue weighted by molar-refractivity contribution is 0.103. The summed E-state index contributed by atoms with van der Waals surface area (Å²) in [5.41, 5.74) is 4.32. The molecular formula is C22H21N5OS2. The van der Waals surface area contributed by atoms with Crippen LogP contribution in [0.4, 0.5) is 10.8 Å². The van der Waals surface area contributed by atoms with E-state index in [1.807, 2.05) is 37.4 Å². The molecule has 1 aliphatic rings. The lowest BCUT2D eigenvalue weighted by Crippen LogP contribution is -2.11. The maximum atomic E-state index is 13.1. The summed E-state index contributed by atoms with van der Waals surface area (Å²) in [5.74, 6) is -0.187. The molecule has 8 heteroatoms. The largest absolute Gasteiger partial charge is 0.386 e. The fourth-order valence-corrected chi connectivity index (χ4v) is 5.67. The van der Waals surface area contributed by atoms with Crippen molar-refractivity contribution >= 4 is 49.6 Å². The van der Waals surface area contributed by atoms with E-state index in [0.29, 0.717) is 10.0 Å². The molecule has 2 N–H and O–H groups in total. The van der Waals surface area contributed by atoms with Gasteiger partial charge in [0, 0.05) is 23.7 Å². The van der Waals surface area contributed by atoms with Crippen LogP contribution in [0.25, 0.3) is 20.8 Å². The molecule has 1 aliphatic carbocycles. The van der Waals surface area contributed by atoms with Gasteiger partial charge in [-0.1, -0.05) is 48.1 Å². The summed E-state index contributed by atoms with van der Waals surface area (Å²) < 4.78 is 0. The molecule has 30 heavy (non-hydrogen) atoms. The average molecular weight is 436 g/mol. The second-order valence-electron chi connectivity index (χ2n) is 7.30. The number of nitrogens with one attached hydrogen (secondary N) is 2. The lowest BCUT2D eigenvalue weighted by Gasteiger charge is -2.06. The highest BCUT2D eigenvalue weighted by Crippen LogP contribution is 2.37. The number of hydrogen-bond acceptors (Lipinski definition) is 7. The van der Waals surface area contributed by atoms with Crippen molar-refractivity contribution in [3.8, 4) is 10.6 Å². The molecule has 0 spiro atoms. The van der Waals surface area contributed by atoms with E-state index in [-0.39, 0.29) is 5.91 Å². The summed E-state index contributed by atoms with van der Waals surface area (Å²) >= 11 is 2.80. The van der Waals surface area contributed by atoms with Gasteiger partial charge in [0.05, 0.1) is 5.69 Å². The highest BCUT2D eigenvalue weighted by atomic mass is 32.1. The van der Waals surface area contributed by atoms with Crippen molar-refractivity contribution < 1.29 is 4.79 Å². The van der Waals surface area contributed by atoms with Crippen LogP contribution in [-0.4, -0.2) is 28.1 Å². The van der Waals surface area contributed by atoms with Crippen molar-refractivity contribution in [3.05, 3.63) is 52.5 Å². The van der Waals surface area contributed by atoms with Crippen LogP contribution in [0.2, 0.25) is 0 Å². The van der Waals surface area contributed by atoms with Gasteiger partial charge in [-0.3, -0.25) is 10.1 Å². The number of carbonyl (C=O) groups is 1. The molecule has 3 aromatic heterocycles. The molecular weight excluding hydrogens is 414 g/mol. The minimum atomic E-state index is -0.187. The molecule has 3 heterocycles. The number of rotatable bonds is 4. The number of thiophene rings is 1. The van der Waals surface area contributed by atoms with Crippen molar-refractivity contribution in [1.29, 1.82) is 0 Å². The maximum absolute atomic E-state index is 13.1. The zero-order valence-corrected chi connectivity index (χ0v) is 18.2. The van der Waals surface area contributed by atoms with Gasteiger partial charge in [0.15, 0.2) is 0 Å². The van der Waals surface area contributed by atoms with Crippen LogP contribution < -0.4 is 10.6 Å². The highest BCUT2D eigenvalue weighted by molar-refractivity contribution is 7.21. The number of aromatic nitrogens is 3. The van der Waals surface area contributed by atoms with E-state index in [1.165, 1.54) is 53.2 Å². The quantitative estimate of drug-likeness (QED) is 0.421. The minimum Gasteiger partial charge on any atom is -0.386 e. The number of amides is 1. The number of nitrogens with zero attached hydrogens (tertiary/aromatic N) is 3. The average Bonchev–Trinajstić information content (AvgIpc) is 3.30. The zero-order chi connectivity index (χ0) is 20.5. The molecule has 1 aromatic carbocycles. The Morgan fingerprint density at radius 3 is 2.70 bits per heavy atom. The fourth-order valence-electron chi connectivity index (χ4n) is 3.85. The molecule has 6 nitrogen and oxygen atoms in total. The Balaban J connectivity index is 1.45. The van der Waals surface area contributed by atoms with Gasteiger partial charge in [-0.25, -0.2) is 4.98 Å². The SMILES string of the molecule is CNc1c(C(=O)Nc2nnc(-c3ccccc3)s2)sc2nc3c(cc12)CCCCC3. The third-order valence-electron chi connectivity index (χ3n) is 5.33. The Morgan fingerprint density at radius 2 is 1.87 bits per heavy atom. The summed E-state index contributed by atoms with van der Waals surface area (Å²) in [5, 5.41) is 16.8. The topological polar surface area (TPSA) is 79.8 Å². The molecule has 0 aliphatic heterocycles. The van der Waals surface area contributed by atoms with Crippen LogP contribution in [0.3, 0.4) is 0 Å². The smallest absolute Gasteiger partial charge is 0.269 e. The lowest BCUT2D eigenvalue weighted by atomic mass is 10.1. The van der Waals surface area contributed by atoms with Crippen molar-refractivity contribution in [2.24, 2.45) is 0 Å². The molecule has 0 bridgehead atoms. The van der Waals surface area contributed by atoms with Crippen LogP contribution in [0.5, 0.6) is 0 Å². The van der Waals surface area contributed by atoms with Crippen molar-refractivity contribution in [1.82, 2.24) is 15.2 Å². The number of hydrogen-bond donors (Lipinski definition) is 2. The van der Waals surface area contributed by atoms with E-state index >= 15 is 0 Å². The van der Waals surface area contributed by atoms with Gasteiger partial charge in [-0.15, -0.1) is 21.5 Å². The molecule has 5 rings (SSSR count). The van der Waals surface area contributed by atoms with E-state index in [1.54, 1.807) is 0 Å². The molecule has 4 aromatic rings. The molecule has 0 saturated heterocycles. The summed E-state index contributed by atoms with van der Waals surface area (Å²) in [6.07, 6.45) is 5.72. The molecule has 0 saturated carbocycles. The van der Waals surface area contributed by atoms with E-state index in [9.17, 15) is 4.79 Å². The number of carbonyl (C=O) groups excluding carboxylic acids is 1. The first-order chi connectivity index (χ1) is 14.7. The zero-order valence-electron chi connectivity index (χ0n) is 16.6. The Hall–Kier alpha value is -2.84. The molecule has 0 atom stereocenters. The van der Waals surface area contributed by atoms with Crippen LogP contribution >= 0.6 is 22.7 Å². The van der Waals surface area contributed by atoms with E-state index in [2.05, 4.69) is 26.9 Å². The monoisotopic (exact) mass is 435 g/mol. The molecule has 1 amide bonds. The van der Waals surface area contributed by atoms with Crippen LogP contribution in [0.1, 0.15) is 40.2 Å². The van der Waals surface area contributed by atoms with Gasteiger partial charge < -0.3 is 5.32 Å². The van der Waals surface area contributed by atoms with Gasteiger partial charge in [-0.2, -0.15) is 0 Å². The van der Waals surface area contributed by atoms with Gasteiger partial charge >= 0.3 is 0 Å². The first-order valence-corrected chi connectivity index (χ1v) is 11.7. The van der Waals surface area contributed by atoms with Crippen LogP contribution in [-0.2, 0) is 12.8 Å². The van der Waals surface area contributed by atoms with Gasteiger partial charge in [-0.05, 0) is 37.3 Å². The Bertz CT molecular complexity index is 1220. The van der Waals surface area contributed by atoms with Gasteiger partial charge in [0.25, 0.3) is 5.91 Å². The molecule has 0 unspecified atom stereocenters. The maximum Gasteiger partial charge on any atom is 0.269 e. The number of benzene rings is 1. The summed E-state index contributed by atoms with van der Waals surface area (Å²) in [6.45, 7) is 0. The first-order valence-electron chi connectivity index (χ1n) is 10.1. The van der Waals surface area contributed by atoms with Crippen molar-refractivity contribution in [2.75, 3.05) is 17.7 Å². The number of aryl methyl sites for hydroxylation is 2. The van der Waals surface area contributed by atoms with E-state index in [4.69, 9.17) is 4.98 Å². The van der Waals surface area contributed by atoms with Crippen molar-refractivity contribution in [3.63, 3.8) is 0 Å². The number of fused-ring (bicyclic) bond motifs is 2. The number of pyridine rings is 1. The second kappa shape index (κ2) is 8.12.